The van der Waals surface area contributed by atoms with Gasteiger partial charge in [0.15, 0.2) is 0 Å². The highest BCUT2D eigenvalue weighted by atomic mass is 32.2. The lowest BCUT2D eigenvalue weighted by Gasteiger charge is -2.18. The van der Waals surface area contributed by atoms with Gasteiger partial charge in [0.2, 0.25) is 15.2 Å². The fraction of sp³-hybridized carbons (Fsp3) is 0.333. The molecule has 28 heavy (non-hydrogen) atoms. The second-order valence-corrected chi connectivity index (χ2v) is 9.09. The van der Waals surface area contributed by atoms with Gasteiger partial charge >= 0.3 is 0 Å². The Morgan fingerprint density at radius 1 is 1.07 bits per heavy atom. The number of sulfonamides is 1. The molecule has 8 nitrogen and oxygen atoms in total. The fourth-order valence-corrected chi connectivity index (χ4v) is 4.79. The smallest absolute Gasteiger partial charge is 0.244 e. The summed E-state index contributed by atoms with van der Waals surface area (Å²) >= 11 is 1.27. The molecule has 0 fully saturated rings. The lowest BCUT2D eigenvalue weighted by atomic mass is 10.1. The Hall–Kier alpha value is -2.30. The van der Waals surface area contributed by atoms with Crippen LogP contribution in [0.25, 0.3) is 5.69 Å². The molecule has 3 aromatic rings. The molecule has 0 saturated carbocycles. The van der Waals surface area contributed by atoms with Crippen LogP contribution in [0.15, 0.2) is 51.6 Å². The zero-order valence-electron chi connectivity index (χ0n) is 16.2. The van der Waals surface area contributed by atoms with Gasteiger partial charge in [-0.15, -0.1) is 5.10 Å². The molecular weight excluding hydrogens is 396 g/mol. The average Bonchev–Trinajstić information content (AvgIpc) is 3.13. The molecule has 0 atom stereocenters. The molecule has 0 spiro atoms. The Morgan fingerprint density at radius 3 is 2.43 bits per heavy atom. The van der Waals surface area contributed by atoms with Gasteiger partial charge in [-0.05, 0) is 71.4 Å². The molecule has 148 valence electrons. The minimum absolute atomic E-state index is 0.175. The van der Waals surface area contributed by atoms with Crippen LogP contribution < -0.4 is 0 Å². The van der Waals surface area contributed by atoms with E-state index in [0.29, 0.717) is 23.3 Å². The maximum Gasteiger partial charge on any atom is 0.244 e. The number of hydrogen-bond donors (Lipinski definition) is 0. The predicted octanol–water partition coefficient (Wildman–Crippen LogP) is 2.86. The lowest BCUT2D eigenvalue weighted by Crippen LogP contribution is -2.30. The summed E-state index contributed by atoms with van der Waals surface area (Å²) in [5.41, 5.74) is 3.20. The van der Waals surface area contributed by atoms with Crippen molar-refractivity contribution >= 4 is 21.8 Å². The number of aromatic nitrogens is 5. The van der Waals surface area contributed by atoms with Gasteiger partial charge in [0.05, 0.1) is 5.69 Å². The summed E-state index contributed by atoms with van der Waals surface area (Å²) < 4.78 is 28.2. The van der Waals surface area contributed by atoms with Gasteiger partial charge in [-0.2, -0.15) is 8.99 Å². The first-order chi connectivity index (χ1) is 13.4. The highest BCUT2D eigenvalue weighted by Gasteiger charge is 2.22. The summed E-state index contributed by atoms with van der Waals surface area (Å²) in [7, 11) is -3.52. The van der Waals surface area contributed by atoms with Crippen LogP contribution in [0.4, 0.5) is 0 Å². The number of nitrogens with zero attached hydrogens (tertiary/aromatic N) is 6. The number of rotatable bonds is 7. The van der Waals surface area contributed by atoms with Crippen molar-refractivity contribution in [1.82, 2.24) is 29.5 Å². The van der Waals surface area contributed by atoms with E-state index in [-0.39, 0.29) is 4.90 Å². The van der Waals surface area contributed by atoms with E-state index in [4.69, 9.17) is 0 Å². The number of tetrazole rings is 1. The molecule has 0 N–H and O–H groups in total. The van der Waals surface area contributed by atoms with Crippen LogP contribution in [-0.4, -0.2) is 51.0 Å². The van der Waals surface area contributed by atoms with E-state index >= 15 is 0 Å². The van der Waals surface area contributed by atoms with Crippen molar-refractivity contribution in [3.63, 3.8) is 0 Å². The van der Waals surface area contributed by atoms with E-state index < -0.39 is 10.0 Å². The fourth-order valence-electron chi connectivity index (χ4n) is 2.65. The first-order valence-electron chi connectivity index (χ1n) is 8.86. The van der Waals surface area contributed by atoms with Crippen molar-refractivity contribution in [2.45, 2.75) is 42.8 Å². The number of aryl methyl sites for hydroxylation is 2. The topological polar surface area (TPSA) is 93.9 Å². The summed E-state index contributed by atoms with van der Waals surface area (Å²) in [5, 5.41) is 13.0. The summed E-state index contributed by atoms with van der Waals surface area (Å²) in [4.78, 5) is 4.46. The molecule has 2 aromatic heterocycles. The predicted molar refractivity (Wildman–Crippen MR) is 107 cm³/mol. The molecule has 0 saturated heterocycles. The first-order valence-corrected chi connectivity index (χ1v) is 11.1. The van der Waals surface area contributed by atoms with E-state index in [9.17, 15) is 8.42 Å². The van der Waals surface area contributed by atoms with Gasteiger partial charge in [-0.1, -0.05) is 19.9 Å². The summed E-state index contributed by atoms with van der Waals surface area (Å²) in [6, 6.07) is 9.22. The minimum Gasteiger partial charge on any atom is -0.248 e. The molecule has 0 bridgehead atoms. The van der Waals surface area contributed by atoms with Crippen LogP contribution in [0.3, 0.4) is 0 Å². The first kappa shape index (κ1) is 20.4. The Labute approximate surface area is 169 Å². The molecule has 0 aliphatic rings. The highest BCUT2D eigenvalue weighted by Crippen LogP contribution is 2.27. The molecule has 0 radical (unpaired) electrons. The van der Waals surface area contributed by atoms with Crippen LogP contribution in [0.5, 0.6) is 0 Å². The van der Waals surface area contributed by atoms with Crippen LogP contribution >= 0.6 is 11.8 Å². The SMILES string of the molecule is CCN(CC)S(=O)(=O)c1ccc(Sc2nnnn2-c2ccc(C)c(C)c2)nc1. The van der Waals surface area contributed by atoms with Crippen molar-refractivity contribution < 1.29 is 8.42 Å². The average molecular weight is 419 g/mol. The molecule has 0 amide bonds. The standard InChI is InChI=1S/C18H22N6O2S2/c1-5-23(6-2)28(25,26)16-9-10-17(19-12-16)27-18-20-21-22-24(18)15-8-7-13(3)14(4)11-15/h7-12H,5-6H2,1-4H3. The van der Waals surface area contributed by atoms with E-state index in [0.717, 1.165) is 11.3 Å². The van der Waals surface area contributed by atoms with Gasteiger partial charge in [0.25, 0.3) is 0 Å². The van der Waals surface area contributed by atoms with E-state index in [1.54, 1.807) is 16.8 Å². The van der Waals surface area contributed by atoms with E-state index in [1.807, 2.05) is 45.9 Å². The largest absolute Gasteiger partial charge is 0.248 e. The summed E-state index contributed by atoms with van der Waals surface area (Å²) in [5.74, 6) is 0. The molecular formula is C18H22N6O2S2. The van der Waals surface area contributed by atoms with Crippen molar-refractivity contribution in [3.05, 3.63) is 47.7 Å². The second-order valence-electron chi connectivity index (χ2n) is 6.17. The monoisotopic (exact) mass is 418 g/mol. The normalized spacial score (nSPS) is 11.9. The number of pyridine rings is 1. The Morgan fingerprint density at radius 2 is 1.82 bits per heavy atom. The third-order valence-corrected chi connectivity index (χ3v) is 7.35. The van der Waals surface area contributed by atoms with Crippen LogP contribution in [0.1, 0.15) is 25.0 Å². The summed E-state index contributed by atoms with van der Waals surface area (Å²) in [6.45, 7) is 8.54. The van der Waals surface area contributed by atoms with Crippen molar-refractivity contribution in [2.24, 2.45) is 0 Å². The van der Waals surface area contributed by atoms with Crippen LogP contribution in [0, 0.1) is 13.8 Å². The van der Waals surface area contributed by atoms with Gasteiger partial charge in [-0.25, -0.2) is 13.4 Å². The second kappa shape index (κ2) is 8.38. The quantitative estimate of drug-likeness (QED) is 0.582. The molecule has 0 aliphatic heterocycles. The summed E-state index contributed by atoms with van der Waals surface area (Å²) in [6.07, 6.45) is 1.38. The van der Waals surface area contributed by atoms with Crippen molar-refractivity contribution in [3.8, 4) is 5.69 Å². The maximum atomic E-state index is 12.6. The molecule has 0 unspecified atom stereocenters. The van der Waals surface area contributed by atoms with Gasteiger partial charge in [0, 0.05) is 19.3 Å². The van der Waals surface area contributed by atoms with Gasteiger partial charge < -0.3 is 0 Å². The third-order valence-electron chi connectivity index (χ3n) is 4.42. The number of benzene rings is 1. The molecule has 0 aliphatic carbocycles. The lowest BCUT2D eigenvalue weighted by molar-refractivity contribution is 0.445. The van der Waals surface area contributed by atoms with Crippen LogP contribution in [-0.2, 0) is 10.0 Å². The van der Waals surface area contributed by atoms with Crippen molar-refractivity contribution in [1.29, 1.82) is 0 Å². The minimum atomic E-state index is -3.52. The zero-order valence-corrected chi connectivity index (χ0v) is 17.8. The Bertz CT molecular complexity index is 1060. The van der Waals surface area contributed by atoms with Crippen molar-refractivity contribution in [2.75, 3.05) is 13.1 Å². The molecule has 2 heterocycles. The zero-order chi connectivity index (χ0) is 20.3. The van der Waals surface area contributed by atoms with Gasteiger partial charge in [0.1, 0.15) is 9.92 Å². The Balaban J connectivity index is 1.84. The number of hydrogen-bond acceptors (Lipinski definition) is 7. The molecule has 10 heteroatoms. The third kappa shape index (κ3) is 4.08. The van der Waals surface area contributed by atoms with Gasteiger partial charge in [-0.3, -0.25) is 0 Å². The maximum absolute atomic E-state index is 12.6. The Kier molecular flexibility index (Phi) is 6.11. The van der Waals surface area contributed by atoms with Crippen LogP contribution in [0.2, 0.25) is 0 Å². The molecule has 1 aromatic carbocycles. The highest BCUT2D eigenvalue weighted by molar-refractivity contribution is 7.99. The molecule has 3 rings (SSSR count). The van der Waals surface area contributed by atoms with E-state index in [1.165, 1.54) is 27.8 Å². The van der Waals surface area contributed by atoms with E-state index in [2.05, 4.69) is 20.5 Å².